The van der Waals surface area contributed by atoms with Crippen molar-refractivity contribution in [3.05, 3.63) is 106 Å². The number of carbonyl (C=O) groups is 3. The molecule has 1 fully saturated rings. The van der Waals surface area contributed by atoms with Gasteiger partial charge in [-0.3, -0.25) is 32.4 Å². The summed E-state index contributed by atoms with van der Waals surface area (Å²) in [7, 11) is -22.2. The minimum atomic E-state index is -5.21. The van der Waals surface area contributed by atoms with Crippen molar-refractivity contribution in [3.63, 3.8) is 0 Å². The van der Waals surface area contributed by atoms with E-state index in [0.29, 0.717) is 129 Å². The molecule has 592 valence electrons. The number of anilines is 1. The maximum Gasteiger partial charge on any atom is 0.333 e. The topological polar surface area (TPSA) is 434 Å². The molecule has 2 amide bonds. The summed E-state index contributed by atoms with van der Waals surface area (Å²) in [4.78, 5) is 41.8. The number of hydroxylamine groups is 2. The molecule has 0 aromatic heterocycles. The molecule has 38 heteroatoms. The zero-order valence-electron chi connectivity index (χ0n) is 59.6. The molecule has 0 spiro atoms. The molecule has 4 aliphatic rings. The third kappa shape index (κ3) is 23.0. The standard InChI is InChI=1S/C69H90ClN3O29S5/c1-68(21-7-43-103(77,78)79)60(72(24-26-95-32-34-99-39-40-101-42-41-100-38-36-97-30-28-93-4)57-16-14-52-54(65(57)68)44-50(104(80,81)82)46-58(52)106(86,87)88)17-11-48-8-5-9-49(67(48)70)12-18-61-69(2,22-25-94-31-33-98-37-35-96-29-27-92-3)66-55-45-51(105(83,84)85)47-59(107(89,90)91)53(55)13-15-56(66)71(61)23-6-10-64(76)102-73-62(74)19-20-63(73)75/h11-18,44-47H,5-10,19-43H2,1-4H3,(H4-,77,78,79,80,81,82,83,84,85,86,87,88,89,90,91)/p+1. The molecule has 5 N–H and O–H groups in total. The molecule has 4 aromatic carbocycles. The van der Waals surface area contributed by atoms with Crippen LogP contribution in [0.4, 0.5) is 11.4 Å². The molecule has 3 heterocycles. The Morgan fingerprint density at radius 1 is 0.533 bits per heavy atom. The highest BCUT2D eigenvalue weighted by molar-refractivity contribution is 7.87. The van der Waals surface area contributed by atoms with Gasteiger partial charge in [0.25, 0.3) is 62.4 Å². The molecule has 2 unspecified atom stereocenters. The zero-order valence-corrected chi connectivity index (χ0v) is 64.5. The summed E-state index contributed by atoms with van der Waals surface area (Å²) in [6.07, 6.45) is 7.30. The second kappa shape index (κ2) is 38.7. The van der Waals surface area contributed by atoms with Crippen LogP contribution < -0.4 is 4.90 Å². The van der Waals surface area contributed by atoms with Crippen LogP contribution in [0.25, 0.3) is 21.5 Å². The Balaban J connectivity index is 1.20. The molecule has 107 heavy (non-hydrogen) atoms. The minimum absolute atomic E-state index is 0.00470. The molecule has 0 saturated carbocycles. The fourth-order valence-electron chi connectivity index (χ4n) is 13.3. The van der Waals surface area contributed by atoms with Gasteiger partial charge in [-0.15, -0.1) is 5.06 Å². The van der Waals surface area contributed by atoms with E-state index < -0.39 is 105 Å². The van der Waals surface area contributed by atoms with Crippen molar-refractivity contribution in [1.82, 2.24) is 5.06 Å². The fraction of sp³-hybridized carbons (Fsp3) is 0.536. The van der Waals surface area contributed by atoms with Crippen LogP contribution in [0.2, 0.25) is 0 Å². The third-order valence-corrected chi connectivity index (χ3v) is 23.1. The Kier molecular flexibility index (Phi) is 31.3. The summed E-state index contributed by atoms with van der Waals surface area (Å²) in [5, 5.41) is 0.345. The van der Waals surface area contributed by atoms with Crippen LogP contribution in [0.3, 0.4) is 0 Å². The maximum atomic E-state index is 13.4. The van der Waals surface area contributed by atoms with Crippen molar-refractivity contribution in [2.24, 2.45) is 0 Å². The van der Waals surface area contributed by atoms with Gasteiger partial charge in [0.1, 0.15) is 16.4 Å². The van der Waals surface area contributed by atoms with E-state index in [4.69, 9.17) is 63.8 Å². The van der Waals surface area contributed by atoms with Crippen LogP contribution >= 0.6 is 11.6 Å². The van der Waals surface area contributed by atoms with Crippen LogP contribution in [0, 0.1) is 0 Å². The highest BCUT2D eigenvalue weighted by Gasteiger charge is 2.50. The first kappa shape index (κ1) is 86.5. The van der Waals surface area contributed by atoms with E-state index in [1.165, 1.54) is 12.1 Å². The van der Waals surface area contributed by atoms with Crippen LogP contribution in [0.1, 0.15) is 89.2 Å². The number of imide groups is 1. The van der Waals surface area contributed by atoms with Crippen LogP contribution in [0.5, 0.6) is 0 Å². The Labute approximate surface area is 627 Å². The quantitative estimate of drug-likeness (QED) is 0.0128. The molecule has 1 aliphatic carbocycles. The fourth-order valence-corrected chi connectivity index (χ4v) is 16.8. The van der Waals surface area contributed by atoms with Gasteiger partial charge >= 0.3 is 5.97 Å². The summed E-state index contributed by atoms with van der Waals surface area (Å²) in [5.41, 5.74) is 0.583. The number of amides is 2. The molecule has 4 aromatic rings. The normalized spacial score (nSPS) is 19.0. The van der Waals surface area contributed by atoms with Gasteiger partial charge in [0.15, 0.2) is 12.3 Å². The van der Waals surface area contributed by atoms with Crippen molar-refractivity contribution in [2.75, 3.05) is 157 Å². The number of carbonyl (C=O) groups excluding carboxylic acids is 3. The monoisotopic (exact) mass is 1620 g/mol. The molecule has 1 saturated heterocycles. The number of fused-ring (bicyclic) bond motifs is 6. The summed E-state index contributed by atoms with van der Waals surface area (Å²) < 4.78 is 239. The maximum absolute atomic E-state index is 13.4. The van der Waals surface area contributed by atoms with Gasteiger partial charge in [-0.2, -0.15) is 46.7 Å². The Bertz CT molecular complexity index is 4640. The molecule has 3 aliphatic heterocycles. The predicted octanol–water partition coefficient (Wildman–Crippen LogP) is 7.03. The van der Waals surface area contributed by atoms with Crippen LogP contribution in [0.15, 0.2) is 114 Å². The lowest BCUT2D eigenvalue weighted by atomic mass is 9.74. The van der Waals surface area contributed by atoms with E-state index in [2.05, 4.69) is 0 Å². The van der Waals surface area contributed by atoms with Crippen molar-refractivity contribution in [2.45, 2.75) is 108 Å². The molecule has 32 nitrogen and oxygen atoms in total. The molecular weight excluding hydrogens is 1530 g/mol. The Morgan fingerprint density at radius 3 is 1.50 bits per heavy atom. The van der Waals surface area contributed by atoms with E-state index in [1.54, 1.807) is 69.4 Å². The van der Waals surface area contributed by atoms with E-state index >= 15 is 0 Å². The first-order valence-corrected chi connectivity index (χ1v) is 42.0. The third-order valence-electron chi connectivity index (χ3n) is 18.3. The number of nitrogens with zero attached hydrogens (tertiary/aromatic N) is 3. The first-order chi connectivity index (χ1) is 50.6. The second-order valence-electron chi connectivity index (χ2n) is 25.6. The van der Waals surface area contributed by atoms with Crippen molar-refractivity contribution < 1.29 is 136 Å². The Hall–Kier alpha value is -6.12. The average molecular weight is 1620 g/mol. The van der Waals surface area contributed by atoms with Gasteiger partial charge in [0.05, 0.1) is 127 Å². The van der Waals surface area contributed by atoms with Gasteiger partial charge in [-0.25, -0.2) is 4.79 Å². The van der Waals surface area contributed by atoms with Gasteiger partial charge < -0.3 is 57.1 Å². The number of hydrogen-bond donors (Lipinski definition) is 5. The van der Waals surface area contributed by atoms with Gasteiger partial charge in [-0.05, 0) is 129 Å². The van der Waals surface area contributed by atoms with Crippen molar-refractivity contribution in [3.8, 4) is 0 Å². The average Bonchev–Trinajstić information content (AvgIpc) is 1.58. The molecule has 0 bridgehead atoms. The largest absolute Gasteiger partial charge is 0.382 e. The number of allylic oxidation sites excluding steroid dienone is 8. The SMILES string of the molecule is COCCOCCOCCOCCOCCOCC[N+]1=C(/C=C/C2=C(Cl)C(=C/C=C3/N(CCCC(=O)ON4C(=O)CCC4=O)c4ccc5c(S(=O)(=O)O)cc(S(=O)(=O)O)cc5c4C3(C)CCOCCOCCOCCOC)/CCC2)C(C)(CCCS(=O)(=O)O)c2c1ccc1c(S(=O)(=O)O)cc(S(=O)(=O)O)cc21. The molecule has 8 rings (SSSR count). The van der Waals surface area contributed by atoms with E-state index in [0.717, 1.165) is 12.1 Å². The Morgan fingerprint density at radius 2 is 1.01 bits per heavy atom. The zero-order chi connectivity index (χ0) is 78.0. The number of benzene rings is 4. The molecular formula is C69H91ClN3O29S5+. The highest BCUT2D eigenvalue weighted by atomic mass is 35.5. The lowest BCUT2D eigenvalue weighted by Crippen LogP contribution is -2.33. The molecule has 2 atom stereocenters. The first-order valence-electron chi connectivity index (χ1n) is 34.3. The molecule has 0 radical (unpaired) electrons. The lowest BCUT2D eigenvalue weighted by Gasteiger charge is -2.31. The number of rotatable bonds is 46. The van der Waals surface area contributed by atoms with Crippen molar-refractivity contribution >= 4 is 119 Å². The smallest absolute Gasteiger partial charge is 0.333 e. The van der Waals surface area contributed by atoms with E-state index in [1.807, 2.05) is 4.58 Å². The van der Waals surface area contributed by atoms with Crippen LogP contribution in [-0.4, -0.2) is 250 Å². The summed E-state index contributed by atoms with van der Waals surface area (Å²) in [6.45, 7) is 8.15. The van der Waals surface area contributed by atoms with Gasteiger partial charge in [-0.1, -0.05) is 29.8 Å². The lowest BCUT2D eigenvalue weighted by molar-refractivity contribution is -0.442. The van der Waals surface area contributed by atoms with E-state index in [-0.39, 0.29) is 156 Å². The van der Waals surface area contributed by atoms with Crippen molar-refractivity contribution in [1.29, 1.82) is 0 Å². The summed E-state index contributed by atoms with van der Waals surface area (Å²) in [5.74, 6) is -3.04. The van der Waals surface area contributed by atoms with Gasteiger partial charge in [0.2, 0.25) is 5.69 Å². The summed E-state index contributed by atoms with van der Waals surface area (Å²) in [6, 6.07) is 9.20. The number of methoxy groups -OCH3 is 2. The highest BCUT2D eigenvalue weighted by Crippen LogP contribution is 2.55. The minimum Gasteiger partial charge on any atom is -0.382 e. The number of hydrogen-bond acceptors (Lipinski definition) is 25. The van der Waals surface area contributed by atoms with E-state index in [9.17, 15) is 79.2 Å². The van der Waals surface area contributed by atoms with Crippen LogP contribution in [-0.2, 0) is 128 Å². The number of ether oxygens (including phenoxy) is 10. The predicted molar refractivity (Wildman–Crippen MR) is 388 cm³/mol. The van der Waals surface area contributed by atoms with Gasteiger partial charge in [0, 0.05) is 96.9 Å². The summed E-state index contributed by atoms with van der Waals surface area (Å²) >= 11 is 7.53. The number of halogens is 1. The second-order valence-corrected chi connectivity index (χ2v) is 33.2.